The third-order valence-electron chi connectivity index (χ3n) is 6.64. The van der Waals surface area contributed by atoms with E-state index in [0.29, 0.717) is 12.1 Å². The highest BCUT2D eigenvalue weighted by Crippen LogP contribution is 2.44. The fraction of sp³-hybridized carbons (Fsp3) is 0.700. The lowest BCUT2D eigenvalue weighted by Gasteiger charge is -2.43. The SMILES string of the molecule is CC(C)(CCC(C)(C)C1CCNc2nccn21)C1CCn2ccnc2N1. The van der Waals surface area contributed by atoms with Crippen LogP contribution in [0.5, 0.6) is 0 Å². The van der Waals surface area contributed by atoms with Crippen molar-refractivity contribution < 1.29 is 0 Å². The summed E-state index contributed by atoms with van der Waals surface area (Å²) in [7, 11) is 0. The van der Waals surface area contributed by atoms with Gasteiger partial charge in [-0.2, -0.15) is 0 Å². The third-order valence-corrected chi connectivity index (χ3v) is 6.64. The summed E-state index contributed by atoms with van der Waals surface area (Å²) in [6.45, 7) is 11.7. The van der Waals surface area contributed by atoms with Crippen LogP contribution in [0.2, 0.25) is 0 Å². The van der Waals surface area contributed by atoms with Crippen molar-refractivity contribution >= 4 is 11.9 Å². The summed E-state index contributed by atoms with van der Waals surface area (Å²) in [5.74, 6) is 2.05. The maximum atomic E-state index is 4.46. The normalized spacial score (nSPS) is 22.9. The Bertz CT molecular complexity index is 756. The van der Waals surface area contributed by atoms with Crippen LogP contribution in [-0.4, -0.2) is 31.7 Å². The van der Waals surface area contributed by atoms with Crippen molar-refractivity contribution in [1.82, 2.24) is 19.1 Å². The Labute approximate surface area is 156 Å². The topological polar surface area (TPSA) is 59.7 Å². The number of hydrogen-bond donors (Lipinski definition) is 2. The molecule has 2 N–H and O–H groups in total. The number of fused-ring (bicyclic) bond motifs is 2. The van der Waals surface area contributed by atoms with Gasteiger partial charge in [-0.05, 0) is 36.5 Å². The molecule has 2 atom stereocenters. The molecule has 2 unspecified atom stereocenters. The molecule has 0 spiro atoms. The Balaban J connectivity index is 1.43. The van der Waals surface area contributed by atoms with Gasteiger partial charge in [-0.15, -0.1) is 0 Å². The number of rotatable bonds is 5. The summed E-state index contributed by atoms with van der Waals surface area (Å²) in [4.78, 5) is 8.91. The smallest absolute Gasteiger partial charge is 0.203 e. The number of imidazole rings is 2. The van der Waals surface area contributed by atoms with Gasteiger partial charge < -0.3 is 19.8 Å². The van der Waals surface area contributed by atoms with Gasteiger partial charge in [0.05, 0.1) is 0 Å². The zero-order valence-corrected chi connectivity index (χ0v) is 16.5. The van der Waals surface area contributed by atoms with E-state index in [4.69, 9.17) is 0 Å². The first kappa shape index (κ1) is 17.4. The zero-order valence-electron chi connectivity index (χ0n) is 16.5. The summed E-state index contributed by atoms with van der Waals surface area (Å²) < 4.78 is 4.55. The molecule has 6 heteroatoms. The predicted octanol–water partition coefficient (Wildman–Crippen LogP) is 4.15. The van der Waals surface area contributed by atoms with Crippen molar-refractivity contribution in [3.05, 3.63) is 24.8 Å². The molecule has 2 aromatic rings. The molecule has 2 aliphatic heterocycles. The maximum absolute atomic E-state index is 4.46. The zero-order chi connectivity index (χ0) is 18.4. The summed E-state index contributed by atoms with van der Waals surface area (Å²) in [5, 5.41) is 7.08. The van der Waals surface area contributed by atoms with Crippen LogP contribution in [0, 0.1) is 10.8 Å². The summed E-state index contributed by atoms with van der Waals surface area (Å²) in [6, 6.07) is 0.986. The van der Waals surface area contributed by atoms with Gasteiger partial charge in [-0.1, -0.05) is 27.7 Å². The highest BCUT2D eigenvalue weighted by Gasteiger charge is 2.38. The van der Waals surface area contributed by atoms with E-state index in [1.165, 1.54) is 12.8 Å². The molecule has 2 aromatic heterocycles. The van der Waals surface area contributed by atoms with Crippen molar-refractivity contribution in [2.75, 3.05) is 17.2 Å². The van der Waals surface area contributed by atoms with Crippen LogP contribution in [0.15, 0.2) is 24.8 Å². The van der Waals surface area contributed by atoms with Gasteiger partial charge in [0.2, 0.25) is 11.9 Å². The van der Waals surface area contributed by atoms with E-state index in [9.17, 15) is 0 Å². The number of anilines is 2. The first-order chi connectivity index (χ1) is 12.4. The standard InChI is InChI=1S/C20H32N6/c1-19(2,15-6-12-25-13-10-23-18(25)24-15)7-8-20(3,4)16-5-9-21-17-22-11-14-26(16)17/h10-11,13-16H,5-9,12H2,1-4H3,(H,21,22)(H,23,24). The number of nitrogens with zero attached hydrogens (tertiary/aromatic N) is 4. The Morgan fingerprint density at radius 1 is 1.00 bits per heavy atom. The molecule has 0 saturated carbocycles. The van der Waals surface area contributed by atoms with Crippen LogP contribution >= 0.6 is 0 Å². The number of aryl methyl sites for hydroxylation is 1. The molecule has 26 heavy (non-hydrogen) atoms. The Hall–Kier alpha value is -1.98. The molecule has 0 fully saturated rings. The average Bonchev–Trinajstić information content (AvgIpc) is 3.27. The Morgan fingerprint density at radius 2 is 1.73 bits per heavy atom. The minimum absolute atomic E-state index is 0.235. The molecule has 4 rings (SSSR count). The van der Waals surface area contributed by atoms with Gasteiger partial charge in [-0.25, -0.2) is 9.97 Å². The Kier molecular flexibility index (Phi) is 4.24. The molecule has 142 valence electrons. The molecule has 0 aromatic carbocycles. The number of nitrogens with one attached hydrogen (secondary N) is 2. The van der Waals surface area contributed by atoms with Gasteiger partial charge in [0, 0.05) is 50.0 Å². The van der Waals surface area contributed by atoms with Gasteiger partial charge in [-0.3, -0.25) is 0 Å². The second-order valence-electron chi connectivity index (χ2n) is 9.30. The lowest BCUT2D eigenvalue weighted by atomic mass is 9.70. The molecular weight excluding hydrogens is 324 g/mol. The van der Waals surface area contributed by atoms with Crippen molar-refractivity contribution in [3.8, 4) is 0 Å². The summed E-state index contributed by atoms with van der Waals surface area (Å²) in [6.07, 6.45) is 12.7. The molecule has 0 aliphatic carbocycles. The minimum Gasteiger partial charge on any atom is -0.356 e. The number of aromatic nitrogens is 4. The quantitative estimate of drug-likeness (QED) is 0.845. The first-order valence-electron chi connectivity index (χ1n) is 9.91. The molecule has 0 bridgehead atoms. The van der Waals surface area contributed by atoms with Gasteiger partial charge in [0.15, 0.2) is 0 Å². The predicted molar refractivity (Wildman–Crippen MR) is 105 cm³/mol. The molecule has 0 saturated heterocycles. The van der Waals surface area contributed by atoms with Gasteiger partial charge in [0.25, 0.3) is 0 Å². The van der Waals surface area contributed by atoms with Gasteiger partial charge >= 0.3 is 0 Å². The molecule has 6 nitrogen and oxygen atoms in total. The fourth-order valence-corrected chi connectivity index (χ4v) is 4.63. The molecule has 0 radical (unpaired) electrons. The van der Waals surface area contributed by atoms with Crippen LogP contribution in [0.3, 0.4) is 0 Å². The van der Waals surface area contributed by atoms with E-state index in [0.717, 1.165) is 37.8 Å². The second kappa shape index (κ2) is 6.32. The minimum atomic E-state index is 0.235. The summed E-state index contributed by atoms with van der Waals surface area (Å²) >= 11 is 0. The second-order valence-corrected chi connectivity index (χ2v) is 9.30. The van der Waals surface area contributed by atoms with Crippen LogP contribution in [-0.2, 0) is 6.54 Å². The summed E-state index contributed by atoms with van der Waals surface area (Å²) in [5.41, 5.74) is 0.473. The van der Waals surface area contributed by atoms with E-state index in [-0.39, 0.29) is 10.8 Å². The largest absolute Gasteiger partial charge is 0.356 e. The highest BCUT2D eigenvalue weighted by atomic mass is 15.2. The van der Waals surface area contributed by atoms with Crippen LogP contribution in [0.25, 0.3) is 0 Å². The number of hydrogen-bond acceptors (Lipinski definition) is 4. The third kappa shape index (κ3) is 3.10. The van der Waals surface area contributed by atoms with E-state index in [1.54, 1.807) is 0 Å². The monoisotopic (exact) mass is 356 g/mol. The van der Waals surface area contributed by atoms with Crippen molar-refractivity contribution in [3.63, 3.8) is 0 Å². The fourth-order valence-electron chi connectivity index (χ4n) is 4.63. The maximum Gasteiger partial charge on any atom is 0.203 e. The lowest BCUT2D eigenvalue weighted by molar-refractivity contribution is 0.141. The van der Waals surface area contributed by atoms with E-state index < -0.39 is 0 Å². The van der Waals surface area contributed by atoms with Crippen molar-refractivity contribution in [1.29, 1.82) is 0 Å². The highest BCUT2D eigenvalue weighted by molar-refractivity contribution is 5.31. The van der Waals surface area contributed by atoms with Crippen molar-refractivity contribution in [2.45, 2.75) is 72.0 Å². The van der Waals surface area contributed by atoms with E-state index >= 15 is 0 Å². The molecule has 4 heterocycles. The van der Waals surface area contributed by atoms with Crippen LogP contribution in [0.1, 0.15) is 59.4 Å². The van der Waals surface area contributed by atoms with E-state index in [2.05, 4.69) is 69.8 Å². The van der Waals surface area contributed by atoms with Crippen molar-refractivity contribution in [2.24, 2.45) is 10.8 Å². The van der Waals surface area contributed by atoms with Gasteiger partial charge in [0.1, 0.15) is 0 Å². The lowest BCUT2D eigenvalue weighted by Crippen LogP contribution is -2.42. The molecule has 2 aliphatic rings. The first-order valence-corrected chi connectivity index (χ1v) is 9.91. The average molecular weight is 357 g/mol. The van der Waals surface area contributed by atoms with Crippen LogP contribution < -0.4 is 10.6 Å². The Morgan fingerprint density at radius 3 is 2.58 bits per heavy atom. The van der Waals surface area contributed by atoms with Crippen LogP contribution in [0.4, 0.5) is 11.9 Å². The molecular formula is C20H32N6. The van der Waals surface area contributed by atoms with E-state index in [1.807, 2.05) is 12.4 Å². The molecule has 0 amide bonds.